The second kappa shape index (κ2) is 4.60. The molecule has 2 aromatic heterocycles. The summed E-state index contributed by atoms with van der Waals surface area (Å²) < 4.78 is 1.93. The SMILES string of the molecule is Cc1nc2cnc3ccccc3c2n1CC(O)CO. The van der Waals surface area contributed by atoms with Gasteiger partial charge in [0.25, 0.3) is 0 Å². The summed E-state index contributed by atoms with van der Waals surface area (Å²) in [5, 5.41) is 19.7. The molecule has 0 fully saturated rings. The van der Waals surface area contributed by atoms with Crippen molar-refractivity contribution in [2.24, 2.45) is 0 Å². The summed E-state index contributed by atoms with van der Waals surface area (Å²) in [7, 11) is 0. The van der Waals surface area contributed by atoms with E-state index in [1.807, 2.05) is 35.8 Å². The van der Waals surface area contributed by atoms with E-state index in [1.54, 1.807) is 6.20 Å². The average molecular weight is 257 g/mol. The molecule has 1 unspecified atom stereocenters. The molecule has 0 amide bonds. The molecule has 19 heavy (non-hydrogen) atoms. The van der Waals surface area contributed by atoms with Crippen LogP contribution in [0.5, 0.6) is 0 Å². The molecule has 5 nitrogen and oxygen atoms in total. The predicted octanol–water partition coefficient (Wildman–Crippen LogP) is 1.25. The van der Waals surface area contributed by atoms with Crippen LogP contribution in [0.1, 0.15) is 5.82 Å². The lowest BCUT2D eigenvalue weighted by atomic mass is 10.2. The monoisotopic (exact) mass is 257 g/mol. The summed E-state index contributed by atoms with van der Waals surface area (Å²) in [6.45, 7) is 1.95. The maximum Gasteiger partial charge on any atom is 0.108 e. The Hall–Kier alpha value is -1.98. The quantitative estimate of drug-likeness (QED) is 0.740. The number of aliphatic hydroxyl groups excluding tert-OH is 2. The lowest BCUT2D eigenvalue weighted by Gasteiger charge is -2.11. The van der Waals surface area contributed by atoms with Crippen molar-refractivity contribution in [2.45, 2.75) is 19.6 Å². The number of hydrogen-bond acceptors (Lipinski definition) is 4. The molecule has 1 aromatic carbocycles. The van der Waals surface area contributed by atoms with Crippen molar-refractivity contribution in [3.05, 3.63) is 36.3 Å². The van der Waals surface area contributed by atoms with E-state index in [1.165, 1.54) is 0 Å². The molecule has 0 aliphatic heterocycles. The van der Waals surface area contributed by atoms with Gasteiger partial charge in [0.05, 0.1) is 36.5 Å². The molecule has 0 aliphatic rings. The lowest BCUT2D eigenvalue weighted by Crippen LogP contribution is -2.20. The van der Waals surface area contributed by atoms with E-state index < -0.39 is 6.10 Å². The first-order valence-electron chi connectivity index (χ1n) is 6.20. The van der Waals surface area contributed by atoms with Gasteiger partial charge < -0.3 is 14.8 Å². The maximum absolute atomic E-state index is 9.67. The molecule has 98 valence electrons. The van der Waals surface area contributed by atoms with Crippen LogP contribution in [-0.2, 0) is 6.54 Å². The van der Waals surface area contributed by atoms with Gasteiger partial charge in [-0.2, -0.15) is 0 Å². The third-order valence-electron chi connectivity index (χ3n) is 3.27. The van der Waals surface area contributed by atoms with E-state index in [0.717, 1.165) is 27.8 Å². The molecule has 0 aliphatic carbocycles. The largest absolute Gasteiger partial charge is 0.394 e. The predicted molar refractivity (Wildman–Crippen MR) is 72.9 cm³/mol. The van der Waals surface area contributed by atoms with E-state index in [0.29, 0.717) is 6.54 Å². The van der Waals surface area contributed by atoms with Crippen molar-refractivity contribution < 1.29 is 10.2 Å². The number of hydrogen-bond donors (Lipinski definition) is 2. The Kier molecular flexibility index (Phi) is 2.93. The molecule has 2 N–H and O–H groups in total. The number of aliphatic hydroxyl groups is 2. The van der Waals surface area contributed by atoms with Crippen LogP contribution in [0.3, 0.4) is 0 Å². The zero-order valence-electron chi connectivity index (χ0n) is 10.6. The molecular weight excluding hydrogens is 242 g/mol. The Bertz CT molecular complexity index is 736. The van der Waals surface area contributed by atoms with Crippen LogP contribution in [0.2, 0.25) is 0 Å². The summed E-state index contributed by atoms with van der Waals surface area (Å²) in [5.41, 5.74) is 2.66. The maximum atomic E-state index is 9.67. The third-order valence-corrected chi connectivity index (χ3v) is 3.27. The summed E-state index contributed by atoms with van der Waals surface area (Å²) in [4.78, 5) is 8.83. The number of aromatic nitrogens is 3. The fourth-order valence-corrected chi connectivity index (χ4v) is 2.37. The van der Waals surface area contributed by atoms with Gasteiger partial charge >= 0.3 is 0 Å². The minimum absolute atomic E-state index is 0.262. The Morgan fingerprint density at radius 1 is 1.26 bits per heavy atom. The highest BCUT2D eigenvalue weighted by molar-refractivity contribution is 6.02. The van der Waals surface area contributed by atoms with Crippen molar-refractivity contribution in [2.75, 3.05) is 6.61 Å². The van der Waals surface area contributed by atoms with Crippen LogP contribution in [0.15, 0.2) is 30.5 Å². The summed E-state index contributed by atoms with van der Waals surface area (Å²) >= 11 is 0. The topological polar surface area (TPSA) is 71.2 Å². The van der Waals surface area contributed by atoms with Gasteiger partial charge in [-0.1, -0.05) is 18.2 Å². The first kappa shape index (κ1) is 12.1. The minimum Gasteiger partial charge on any atom is -0.394 e. The van der Waals surface area contributed by atoms with Crippen LogP contribution in [0, 0.1) is 6.92 Å². The number of aryl methyl sites for hydroxylation is 1. The van der Waals surface area contributed by atoms with Crippen LogP contribution < -0.4 is 0 Å². The van der Waals surface area contributed by atoms with Crippen LogP contribution in [0.4, 0.5) is 0 Å². The number of rotatable bonds is 3. The van der Waals surface area contributed by atoms with Gasteiger partial charge in [-0.15, -0.1) is 0 Å². The van der Waals surface area contributed by atoms with Crippen molar-refractivity contribution >= 4 is 21.9 Å². The molecule has 0 spiro atoms. The summed E-state index contributed by atoms with van der Waals surface area (Å²) in [6.07, 6.45) is 0.954. The fraction of sp³-hybridized carbons (Fsp3) is 0.286. The fourth-order valence-electron chi connectivity index (χ4n) is 2.37. The van der Waals surface area contributed by atoms with Gasteiger partial charge in [0.1, 0.15) is 11.3 Å². The van der Waals surface area contributed by atoms with E-state index in [-0.39, 0.29) is 6.61 Å². The van der Waals surface area contributed by atoms with Crippen LogP contribution in [0.25, 0.3) is 21.9 Å². The van der Waals surface area contributed by atoms with Gasteiger partial charge in [0, 0.05) is 5.39 Å². The van der Waals surface area contributed by atoms with Crippen molar-refractivity contribution in [3.63, 3.8) is 0 Å². The molecule has 0 radical (unpaired) electrons. The Morgan fingerprint density at radius 2 is 2.05 bits per heavy atom. The van der Waals surface area contributed by atoms with Gasteiger partial charge in [0.2, 0.25) is 0 Å². The molecule has 0 saturated carbocycles. The molecule has 2 heterocycles. The highest BCUT2D eigenvalue weighted by atomic mass is 16.3. The molecule has 3 aromatic rings. The Morgan fingerprint density at radius 3 is 2.84 bits per heavy atom. The average Bonchev–Trinajstić information content (AvgIpc) is 2.75. The molecule has 0 bridgehead atoms. The Balaban J connectivity index is 2.30. The highest BCUT2D eigenvalue weighted by Gasteiger charge is 2.14. The van der Waals surface area contributed by atoms with Crippen LogP contribution >= 0.6 is 0 Å². The summed E-state index contributed by atoms with van der Waals surface area (Å²) in [6, 6.07) is 7.84. The number of benzene rings is 1. The number of fused-ring (bicyclic) bond motifs is 3. The third kappa shape index (κ3) is 1.97. The van der Waals surface area contributed by atoms with Crippen molar-refractivity contribution in [3.8, 4) is 0 Å². The normalized spacial score (nSPS) is 13.2. The lowest BCUT2D eigenvalue weighted by molar-refractivity contribution is 0.0817. The smallest absolute Gasteiger partial charge is 0.108 e. The number of nitrogens with zero attached hydrogens (tertiary/aromatic N) is 3. The first-order valence-corrected chi connectivity index (χ1v) is 6.20. The van der Waals surface area contributed by atoms with Gasteiger partial charge in [0.15, 0.2) is 0 Å². The minimum atomic E-state index is -0.789. The zero-order valence-corrected chi connectivity index (χ0v) is 10.6. The number of para-hydroxylation sites is 1. The molecule has 1 atom stereocenters. The van der Waals surface area contributed by atoms with Gasteiger partial charge in [-0.05, 0) is 13.0 Å². The van der Waals surface area contributed by atoms with E-state index >= 15 is 0 Å². The van der Waals surface area contributed by atoms with Crippen LogP contribution in [-0.4, -0.2) is 37.5 Å². The van der Waals surface area contributed by atoms with E-state index in [9.17, 15) is 5.11 Å². The highest BCUT2D eigenvalue weighted by Crippen LogP contribution is 2.24. The van der Waals surface area contributed by atoms with Crippen molar-refractivity contribution in [1.82, 2.24) is 14.5 Å². The molecule has 3 rings (SSSR count). The second-order valence-electron chi connectivity index (χ2n) is 4.62. The van der Waals surface area contributed by atoms with E-state index in [4.69, 9.17) is 5.11 Å². The van der Waals surface area contributed by atoms with Crippen molar-refractivity contribution in [1.29, 1.82) is 0 Å². The standard InChI is InChI=1S/C14H15N3O2/c1-9-16-13-6-15-12-5-3-2-4-11(12)14(13)17(9)7-10(19)8-18/h2-6,10,18-19H,7-8H2,1H3. The van der Waals surface area contributed by atoms with Gasteiger partial charge in [-0.3, -0.25) is 4.98 Å². The number of imidazole rings is 1. The molecule has 0 saturated heterocycles. The molecule has 5 heteroatoms. The summed E-state index contributed by atoms with van der Waals surface area (Å²) in [5.74, 6) is 0.806. The van der Waals surface area contributed by atoms with Gasteiger partial charge in [-0.25, -0.2) is 4.98 Å². The molecular formula is C14H15N3O2. The second-order valence-corrected chi connectivity index (χ2v) is 4.62. The first-order chi connectivity index (χ1) is 9.20. The van der Waals surface area contributed by atoms with E-state index in [2.05, 4.69) is 9.97 Å². The number of pyridine rings is 1. The zero-order chi connectivity index (χ0) is 13.4. The Labute approximate surface area is 110 Å².